The van der Waals surface area contributed by atoms with E-state index >= 15 is 0 Å². The summed E-state index contributed by atoms with van der Waals surface area (Å²) < 4.78 is 0. The van der Waals surface area contributed by atoms with Gasteiger partial charge in [0.05, 0.1) is 17.8 Å². The number of anilines is 1. The minimum atomic E-state index is 0.562. The van der Waals surface area contributed by atoms with Crippen LogP contribution < -0.4 is 5.32 Å². The van der Waals surface area contributed by atoms with Gasteiger partial charge in [-0.25, -0.2) is 4.98 Å². The maximum Gasteiger partial charge on any atom is 0.144 e. The standard InChI is InChI=1S/C15H16N4/c1-10-7-12(3)19-15(14(10)8-16)17-9-13-6-4-5-11(2)18-13/h4-7H,9H2,1-3H3,(H,17,19). The molecule has 0 fully saturated rings. The molecule has 2 rings (SSSR count). The smallest absolute Gasteiger partial charge is 0.144 e. The molecule has 1 N–H and O–H groups in total. The third kappa shape index (κ3) is 3.08. The van der Waals surface area contributed by atoms with Gasteiger partial charge in [0.1, 0.15) is 11.9 Å². The molecule has 19 heavy (non-hydrogen) atoms. The number of hydrogen-bond donors (Lipinski definition) is 1. The van der Waals surface area contributed by atoms with Crippen molar-refractivity contribution in [3.63, 3.8) is 0 Å². The van der Waals surface area contributed by atoms with Crippen molar-refractivity contribution in [1.29, 1.82) is 5.26 Å². The first-order chi connectivity index (χ1) is 9.10. The number of nitriles is 1. The summed E-state index contributed by atoms with van der Waals surface area (Å²) >= 11 is 0. The molecule has 4 heteroatoms. The predicted molar refractivity (Wildman–Crippen MR) is 74.7 cm³/mol. The fourth-order valence-electron chi connectivity index (χ4n) is 1.98. The van der Waals surface area contributed by atoms with Gasteiger partial charge in [-0.15, -0.1) is 0 Å². The molecule has 0 aliphatic rings. The van der Waals surface area contributed by atoms with Gasteiger partial charge in [0, 0.05) is 11.4 Å². The van der Waals surface area contributed by atoms with E-state index in [1.165, 1.54) is 0 Å². The number of aromatic nitrogens is 2. The second kappa shape index (κ2) is 5.49. The molecule has 0 spiro atoms. The molecule has 0 aliphatic carbocycles. The van der Waals surface area contributed by atoms with Crippen LogP contribution in [0.1, 0.15) is 28.2 Å². The van der Waals surface area contributed by atoms with E-state index in [9.17, 15) is 5.26 Å². The average Bonchev–Trinajstić information content (AvgIpc) is 2.36. The summed E-state index contributed by atoms with van der Waals surface area (Å²) in [6.07, 6.45) is 0. The van der Waals surface area contributed by atoms with Crippen LogP contribution >= 0.6 is 0 Å². The zero-order chi connectivity index (χ0) is 13.8. The van der Waals surface area contributed by atoms with Gasteiger partial charge in [-0.3, -0.25) is 4.98 Å². The highest BCUT2D eigenvalue weighted by Gasteiger charge is 2.08. The third-order valence-corrected chi connectivity index (χ3v) is 2.84. The van der Waals surface area contributed by atoms with Crippen molar-refractivity contribution in [2.24, 2.45) is 0 Å². The molecule has 0 aliphatic heterocycles. The molecule has 0 unspecified atom stereocenters. The largest absolute Gasteiger partial charge is 0.363 e. The molecule has 2 heterocycles. The Bertz CT molecular complexity index is 641. The van der Waals surface area contributed by atoms with Crippen molar-refractivity contribution in [3.05, 3.63) is 52.5 Å². The molecule has 0 amide bonds. The Balaban J connectivity index is 2.22. The topological polar surface area (TPSA) is 61.6 Å². The normalized spacial score (nSPS) is 10.0. The minimum Gasteiger partial charge on any atom is -0.363 e. The highest BCUT2D eigenvalue weighted by atomic mass is 15.0. The van der Waals surface area contributed by atoms with E-state index in [2.05, 4.69) is 21.4 Å². The number of nitrogens with one attached hydrogen (secondary N) is 1. The van der Waals surface area contributed by atoms with Crippen LogP contribution in [0.15, 0.2) is 24.3 Å². The van der Waals surface area contributed by atoms with Crippen LogP contribution in [0.3, 0.4) is 0 Å². The van der Waals surface area contributed by atoms with Gasteiger partial charge in [-0.05, 0) is 44.5 Å². The van der Waals surface area contributed by atoms with E-state index in [1.807, 2.05) is 45.0 Å². The molecule has 2 aromatic rings. The molecule has 0 bridgehead atoms. The SMILES string of the molecule is Cc1cccc(CNc2nc(C)cc(C)c2C#N)n1. The highest BCUT2D eigenvalue weighted by molar-refractivity contribution is 5.56. The van der Waals surface area contributed by atoms with Crippen LogP contribution in [0.2, 0.25) is 0 Å². The lowest BCUT2D eigenvalue weighted by molar-refractivity contribution is 0.995. The highest BCUT2D eigenvalue weighted by Crippen LogP contribution is 2.18. The lowest BCUT2D eigenvalue weighted by atomic mass is 10.1. The van der Waals surface area contributed by atoms with E-state index in [0.29, 0.717) is 17.9 Å². The van der Waals surface area contributed by atoms with E-state index in [4.69, 9.17) is 0 Å². The van der Waals surface area contributed by atoms with Gasteiger partial charge >= 0.3 is 0 Å². The van der Waals surface area contributed by atoms with Crippen molar-refractivity contribution in [3.8, 4) is 6.07 Å². The van der Waals surface area contributed by atoms with Crippen LogP contribution in [-0.4, -0.2) is 9.97 Å². The number of nitrogens with zero attached hydrogens (tertiary/aromatic N) is 3. The fraction of sp³-hybridized carbons (Fsp3) is 0.267. The first kappa shape index (κ1) is 13.0. The monoisotopic (exact) mass is 252 g/mol. The van der Waals surface area contributed by atoms with Crippen LogP contribution in [0.25, 0.3) is 0 Å². The van der Waals surface area contributed by atoms with Gasteiger partial charge in [-0.1, -0.05) is 6.07 Å². The van der Waals surface area contributed by atoms with Gasteiger partial charge in [-0.2, -0.15) is 5.26 Å². The van der Waals surface area contributed by atoms with Gasteiger partial charge < -0.3 is 5.32 Å². The Morgan fingerprint density at radius 3 is 2.63 bits per heavy atom. The fourth-order valence-corrected chi connectivity index (χ4v) is 1.98. The Kier molecular flexibility index (Phi) is 3.76. The third-order valence-electron chi connectivity index (χ3n) is 2.84. The van der Waals surface area contributed by atoms with E-state index in [0.717, 1.165) is 22.6 Å². The molecule has 0 saturated heterocycles. The van der Waals surface area contributed by atoms with Crippen LogP contribution in [0.5, 0.6) is 0 Å². The van der Waals surface area contributed by atoms with Crippen molar-refractivity contribution >= 4 is 5.82 Å². The van der Waals surface area contributed by atoms with Crippen LogP contribution in [-0.2, 0) is 6.54 Å². The van der Waals surface area contributed by atoms with Crippen molar-refractivity contribution in [2.75, 3.05) is 5.32 Å². The van der Waals surface area contributed by atoms with Crippen molar-refractivity contribution in [2.45, 2.75) is 27.3 Å². The number of hydrogen-bond acceptors (Lipinski definition) is 4. The minimum absolute atomic E-state index is 0.562. The summed E-state index contributed by atoms with van der Waals surface area (Å²) in [6, 6.07) is 9.99. The number of rotatable bonds is 3. The summed E-state index contributed by atoms with van der Waals surface area (Å²) in [7, 11) is 0. The maximum absolute atomic E-state index is 9.19. The summed E-state index contributed by atoms with van der Waals surface area (Å²) in [5, 5.41) is 12.4. The zero-order valence-corrected chi connectivity index (χ0v) is 11.4. The zero-order valence-electron chi connectivity index (χ0n) is 11.4. The van der Waals surface area contributed by atoms with Gasteiger partial charge in [0.15, 0.2) is 0 Å². The molecule has 0 aromatic carbocycles. The molecule has 0 atom stereocenters. The second-order valence-corrected chi connectivity index (χ2v) is 4.54. The molecule has 96 valence electrons. The van der Waals surface area contributed by atoms with Crippen molar-refractivity contribution < 1.29 is 0 Å². The van der Waals surface area contributed by atoms with Crippen LogP contribution in [0, 0.1) is 32.1 Å². The van der Waals surface area contributed by atoms with Gasteiger partial charge in [0.2, 0.25) is 0 Å². The quantitative estimate of drug-likeness (QED) is 0.912. The lowest BCUT2D eigenvalue weighted by Crippen LogP contribution is -2.07. The molecular weight excluding hydrogens is 236 g/mol. The number of aryl methyl sites for hydroxylation is 3. The first-order valence-corrected chi connectivity index (χ1v) is 6.15. The maximum atomic E-state index is 9.19. The Morgan fingerprint density at radius 1 is 1.16 bits per heavy atom. The summed E-state index contributed by atoms with van der Waals surface area (Å²) in [4.78, 5) is 8.80. The Labute approximate surface area is 113 Å². The van der Waals surface area contributed by atoms with E-state index in [1.54, 1.807) is 0 Å². The first-order valence-electron chi connectivity index (χ1n) is 6.15. The Hall–Kier alpha value is -2.41. The molecular formula is C15H16N4. The second-order valence-electron chi connectivity index (χ2n) is 4.54. The van der Waals surface area contributed by atoms with Crippen LogP contribution in [0.4, 0.5) is 5.82 Å². The molecule has 0 saturated carbocycles. The van der Waals surface area contributed by atoms with Gasteiger partial charge in [0.25, 0.3) is 0 Å². The summed E-state index contributed by atoms with van der Waals surface area (Å²) in [5.41, 5.74) is 4.35. The summed E-state index contributed by atoms with van der Waals surface area (Å²) in [5.74, 6) is 0.628. The van der Waals surface area contributed by atoms with E-state index < -0.39 is 0 Å². The number of pyridine rings is 2. The Morgan fingerprint density at radius 2 is 1.95 bits per heavy atom. The average molecular weight is 252 g/mol. The summed E-state index contributed by atoms with van der Waals surface area (Å²) in [6.45, 7) is 6.36. The molecule has 0 radical (unpaired) electrons. The lowest BCUT2D eigenvalue weighted by Gasteiger charge is -2.10. The van der Waals surface area contributed by atoms with E-state index in [-0.39, 0.29) is 0 Å². The molecule has 2 aromatic heterocycles. The van der Waals surface area contributed by atoms with Crippen molar-refractivity contribution in [1.82, 2.24) is 9.97 Å². The molecule has 4 nitrogen and oxygen atoms in total. The predicted octanol–water partition coefficient (Wildman–Crippen LogP) is 2.89.